The molecule has 5 heteroatoms. The highest BCUT2D eigenvalue weighted by atomic mass is 16.6. The fraction of sp³-hybridized carbons (Fsp3) is 0.909. The Bertz CT molecular complexity index is 249. The summed E-state index contributed by atoms with van der Waals surface area (Å²) < 4.78 is 5.20. The highest BCUT2D eigenvalue weighted by Gasteiger charge is 2.35. The van der Waals surface area contributed by atoms with Crippen LogP contribution in [-0.2, 0) is 4.74 Å². The van der Waals surface area contributed by atoms with E-state index in [-0.39, 0.29) is 12.5 Å². The summed E-state index contributed by atoms with van der Waals surface area (Å²) in [5.74, 6) is -0.142. The van der Waals surface area contributed by atoms with Crippen LogP contribution in [0.1, 0.15) is 27.7 Å². The summed E-state index contributed by atoms with van der Waals surface area (Å²) in [6, 6.07) is 0. The highest BCUT2D eigenvalue weighted by Crippen LogP contribution is 2.19. The average Bonchev–Trinajstić information content (AvgIpc) is 2.10. The minimum Gasteiger partial charge on any atom is -0.444 e. The Morgan fingerprint density at radius 1 is 1.31 bits per heavy atom. The topological polar surface area (TPSA) is 70.0 Å². The zero-order chi connectivity index (χ0) is 12.5. The number of amides is 1. The number of ether oxygens (including phenoxy) is 1. The lowest BCUT2D eigenvalue weighted by molar-refractivity contribution is -0.0721. The molecule has 3 atom stereocenters. The van der Waals surface area contributed by atoms with Gasteiger partial charge in [-0.15, -0.1) is 0 Å². The second-order valence-corrected chi connectivity index (χ2v) is 5.42. The van der Waals surface area contributed by atoms with Crippen molar-refractivity contribution in [2.24, 2.45) is 5.92 Å². The molecule has 1 aliphatic rings. The Morgan fingerprint density at radius 3 is 2.31 bits per heavy atom. The van der Waals surface area contributed by atoms with Crippen molar-refractivity contribution < 1.29 is 19.7 Å². The van der Waals surface area contributed by atoms with Gasteiger partial charge in [-0.3, -0.25) is 0 Å². The van der Waals surface area contributed by atoms with Gasteiger partial charge in [-0.05, 0) is 20.8 Å². The molecule has 1 fully saturated rings. The SMILES string of the molecule is C[C@@H]1CN(C(=O)OC(C)(C)C)C[C@@H](O)[C@@H]1O. The number of aliphatic hydroxyl groups is 2. The first-order valence-electron chi connectivity index (χ1n) is 5.55. The summed E-state index contributed by atoms with van der Waals surface area (Å²) in [5.41, 5.74) is -0.540. The molecule has 1 heterocycles. The van der Waals surface area contributed by atoms with Crippen molar-refractivity contribution >= 4 is 6.09 Å². The molecule has 0 aromatic rings. The minimum atomic E-state index is -0.892. The van der Waals surface area contributed by atoms with Gasteiger partial charge in [0.15, 0.2) is 0 Å². The van der Waals surface area contributed by atoms with Gasteiger partial charge in [0.1, 0.15) is 5.60 Å². The number of piperidine rings is 1. The first-order valence-corrected chi connectivity index (χ1v) is 5.55. The second-order valence-electron chi connectivity index (χ2n) is 5.42. The molecule has 0 spiro atoms. The van der Waals surface area contributed by atoms with Gasteiger partial charge >= 0.3 is 6.09 Å². The molecule has 1 rings (SSSR count). The van der Waals surface area contributed by atoms with Crippen LogP contribution in [0.15, 0.2) is 0 Å². The van der Waals surface area contributed by atoms with E-state index in [4.69, 9.17) is 4.74 Å². The summed E-state index contributed by atoms with van der Waals surface area (Å²) in [7, 11) is 0. The Hall–Kier alpha value is -0.810. The number of nitrogens with zero attached hydrogens (tertiary/aromatic N) is 1. The van der Waals surface area contributed by atoms with Crippen LogP contribution in [0.2, 0.25) is 0 Å². The third-order valence-electron chi connectivity index (χ3n) is 2.54. The predicted octanol–water partition coefficient (Wildman–Crippen LogP) is 0.595. The van der Waals surface area contributed by atoms with Gasteiger partial charge in [0, 0.05) is 12.5 Å². The van der Waals surface area contributed by atoms with Crippen LogP contribution >= 0.6 is 0 Å². The van der Waals surface area contributed by atoms with Crippen molar-refractivity contribution in [3.8, 4) is 0 Å². The van der Waals surface area contributed by atoms with Gasteiger partial charge in [0.2, 0.25) is 0 Å². The van der Waals surface area contributed by atoms with E-state index in [1.54, 1.807) is 27.7 Å². The molecule has 0 bridgehead atoms. The summed E-state index contributed by atoms with van der Waals surface area (Å²) in [6.45, 7) is 7.72. The number of rotatable bonds is 0. The summed E-state index contributed by atoms with van der Waals surface area (Å²) in [6.07, 6.45) is -2.10. The van der Waals surface area contributed by atoms with Crippen molar-refractivity contribution in [1.82, 2.24) is 4.90 Å². The molecular formula is C11H21NO4. The molecule has 0 aromatic carbocycles. The maximum Gasteiger partial charge on any atom is 0.410 e. The maximum atomic E-state index is 11.7. The van der Waals surface area contributed by atoms with Gasteiger partial charge in [-0.1, -0.05) is 6.92 Å². The van der Waals surface area contributed by atoms with Crippen LogP contribution < -0.4 is 0 Å². The third kappa shape index (κ3) is 3.35. The molecular weight excluding hydrogens is 210 g/mol. The van der Waals surface area contributed by atoms with Crippen LogP contribution in [-0.4, -0.2) is 52.1 Å². The van der Waals surface area contributed by atoms with E-state index in [0.29, 0.717) is 6.54 Å². The van der Waals surface area contributed by atoms with E-state index in [1.165, 1.54) is 4.90 Å². The number of hydrogen-bond acceptors (Lipinski definition) is 4. The van der Waals surface area contributed by atoms with E-state index in [1.807, 2.05) is 0 Å². The molecule has 5 nitrogen and oxygen atoms in total. The standard InChI is InChI=1S/C11H21NO4/c1-7-5-12(6-8(13)9(7)14)10(15)16-11(2,3)4/h7-9,13-14H,5-6H2,1-4H3/t7-,8-,9-/m1/s1. The van der Waals surface area contributed by atoms with Crippen molar-refractivity contribution in [2.75, 3.05) is 13.1 Å². The zero-order valence-electron chi connectivity index (χ0n) is 10.3. The second kappa shape index (κ2) is 4.59. The highest BCUT2D eigenvalue weighted by molar-refractivity contribution is 5.68. The van der Waals surface area contributed by atoms with Crippen LogP contribution in [0, 0.1) is 5.92 Å². The summed E-state index contributed by atoms with van der Waals surface area (Å²) in [4.78, 5) is 13.2. The largest absolute Gasteiger partial charge is 0.444 e. The van der Waals surface area contributed by atoms with Crippen LogP contribution in [0.5, 0.6) is 0 Å². The Balaban J connectivity index is 2.58. The van der Waals surface area contributed by atoms with Crippen LogP contribution in [0.4, 0.5) is 4.79 Å². The molecule has 0 aromatic heterocycles. The monoisotopic (exact) mass is 231 g/mol. The quantitative estimate of drug-likeness (QED) is 0.640. The molecule has 1 aliphatic heterocycles. The molecule has 1 saturated heterocycles. The fourth-order valence-electron chi connectivity index (χ4n) is 1.72. The predicted molar refractivity (Wildman–Crippen MR) is 59.0 cm³/mol. The minimum absolute atomic E-state index is 0.125. The smallest absolute Gasteiger partial charge is 0.410 e. The third-order valence-corrected chi connectivity index (χ3v) is 2.54. The van der Waals surface area contributed by atoms with Crippen molar-refractivity contribution in [1.29, 1.82) is 0 Å². The number of β-amino-alcohol motifs (C(OH)–C–C–N with tert-alkyl or cyclic N) is 1. The summed E-state index contributed by atoms with van der Waals surface area (Å²) in [5, 5.41) is 19.1. The molecule has 94 valence electrons. The zero-order valence-corrected chi connectivity index (χ0v) is 10.3. The van der Waals surface area contributed by atoms with E-state index in [0.717, 1.165) is 0 Å². The van der Waals surface area contributed by atoms with E-state index in [9.17, 15) is 15.0 Å². The molecule has 16 heavy (non-hydrogen) atoms. The average molecular weight is 231 g/mol. The first-order chi connectivity index (χ1) is 7.20. The van der Waals surface area contributed by atoms with Crippen molar-refractivity contribution in [2.45, 2.75) is 45.5 Å². The number of carbonyl (C=O) groups excluding carboxylic acids is 1. The van der Waals surface area contributed by atoms with Crippen molar-refractivity contribution in [3.63, 3.8) is 0 Å². The number of aliphatic hydroxyl groups excluding tert-OH is 2. The van der Waals surface area contributed by atoms with Gasteiger partial charge in [-0.25, -0.2) is 4.79 Å². The molecule has 0 radical (unpaired) electrons. The number of hydrogen-bond donors (Lipinski definition) is 2. The lowest BCUT2D eigenvalue weighted by Crippen LogP contribution is -2.54. The lowest BCUT2D eigenvalue weighted by Gasteiger charge is -2.38. The normalized spacial score (nSPS) is 31.4. The lowest BCUT2D eigenvalue weighted by atomic mass is 9.95. The van der Waals surface area contributed by atoms with Gasteiger partial charge in [-0.2, -0.15) is 0 Å². The van der Waals surface area contributed by atoms with E-state index < -0.39 is 23.9 Å². The number of carbonyl (C=O) groups is 1. The molecule has 0 unspecified atom stereocenters. The Morgan fingerprint density at radius 2 is 1.88 bits per heavy atom. The fourth-order valence-corrected chi connectivity index (χ4v) is 1.72. The van der Waals surface area contributed by atoms with Gasteiger partial charge in [0.05, 0.1) is 18.8 Å². The number of likely N-dealkylation sites (tertiary alicyclic amines) is 1. The molecule has 0 saturated carbocycles. The summed E-state index contributed by atoms with van der Waals surface area (Å²) >= 11 is 0. The van der Waals surface area contributed by atoms with Gasteiger partial charge < -0.3 is 19.8 Å². The molecule has 2 N–H and O–H groups in total. The van der Waals surface area contributed by atoms with Gasteiger partial charge in [0.25, 0.3) is 0 Å². The van der Waals surface area contributed by atoms with E-state index in [2.05, 4.69) is 0 Å². The van der Waals surface area contributed by atoms with Crippen molar-refractivity contribution in [3.05, 3.63) is 0 Å². The molecule has 1 amide bonds. The maximum absolute atomic E-state index is 11.7. The molecule has 0 aliphatic carbocycles. The van der Waals surface area contributed by atoms with Crippen LogP contribution in [0.25, 0.3) is 0 Å². The Labute approximate surface area is 96.0 Å². The van der Waals surface area contributed by atoms with Crippen LogP contribution in [0.3, 0.4) is 0 Å². The first kappa shape index (κ1) is 13.3. The van der Waals surface area contributed by atoms with E-state index >= 15 is 0 Å². The Kier molecular flexibility index (Phi) is 3.80.